The normalized spacial score (nSPS) is 9.08. The Labute approximate surface area is 75.0 Å². The Bertz CT molecular complexity index is 311. The van der Waals surface area contributed by atoms with Crippen LogP contribution in [0.5, 0.6) is 5.75 Å². The van der Waals surface area contributed by atoms with Gasteiger partial charge in [0, 0.05) is 11.8 Å². The molecule has 0 aliphatic heterocycles. The lowest BCUT2D eigenvalue weighted by Crippen LogP contribution is -1.96. The molecule has 0 amide bonds. The van der Waals surface area contributed by atoms with Gasteiger partial charge in [0.1, 0.15) is 5.75 Å². The second kappa shape index (κ2) is 4.54. The number of aromatic nitrogens is 1. The van der Waals surface area contributed by atoms with E-state index in [4.69, 9.17) is 5.11 Å². The maximum Gasteiger partial charge on any atom is 0.154 e. The van der Waals surface area contributed by atoms with Crippen molar-refractivity contribution in [3.63, 3.8) is 0 Å². The minimum atomic E-state index is -0.297. The van der Waals surface area contributed by atoms with E-state index in [-0.39, 0.29) is 23.4 Å². The lowest BCUT2D eigenvalue weighted by Gasteiger charge is -2.04. The molecule has 0 atom stereocenters. The molecule has 1 aromatic heterocycles. The second-order valence-electron chi connectivity index (χ2n) is 2.41. The fraction of sp³-hybridized carbons (Fsp3) is 0.250. The van der Waals surface area contributed by atoms with Crippen LogP contribution in [0, 0.1) is 6.92 Å². The summed E-state index contributed by atoms with van der Waals surface area (Å²) in [4.78, 5) is 14.2. The summed E-state index contributed by atoms with van der Waals surface area (Å²) in [6, 6.07) is 0. The van der Waals surface area contributed by atoms with E-state index >= 15 is 0 Å². The number of aldehydes is 1. The Morgan fingerprint density at radius 3 is 2.69 bits per heavy atom. The molecule has 13 heavy (non-hydrogen) atoms. The molecular weight excluding hydrogens is 174 g/mol. The van der Waals surface area contributed by atoms with E-state index in [0.717, 1.165) is 0 Å². The Morgan fingerprint density at radius 1 is 1.62 bits per heavy atom. The van der Waals surface area contributed by atoms with Crippen LogP contribution in [-0.2, 0) is 6.61 Å². The molecule has 1 heterocycles. The molecule has 0 fully saturated rings. The van der Waals surface area contributed by atoms with Crippen LogP contribution < -0.4 is 0 Å². The predicted molar refractivity (Wildman–Crippen MR) is 45.6 cm³/mol. The number of nitrogens with zero attached hydrogens (tertiary/aromatic N) is 1. The fourth-order valence-corrected chi connectivity index (χ4v) is 0.910. The first-order chi connectivity index (χ1) is 5.70. The highest BCUT2D eigenvalue weighted by Gasteiger charge is 2.09. The van der Waals surface area contributed by atoms with Crippen LogP contribution in [0.3, 0.4) is 0 Å². The van der Waals surface area contributed by atoms with Crippen LogP contribution >= 0.6 is 0 Å². The van der Waals surface area contributed by atoms with Crippen LogP contribution in [0.1, 0.15) is 21.6 Å². The number of pyridine rings is 1. The van der Waals surface area contributed by atoms with Crippen molar-refractivity contribution < 1.29 is 20.5 Å². The highest BCUT2D eigenvalue weighted by atomic mass is 16.3. The van der Waals surface area contributed by atoms with Crippen LogP contribution in [0.2, 0.25) is 0 Å². The first-order valence-electron chi connectivity index (χ1n) is 3.44. The molecule has 0 radical (unpaired) electrons. The average molecular weight is 185 g/mol. The van der Waals surface area contributed by atoms with Gasteiger partial charge in [-0.3, -0.25) is 9.78 Å². The smallest absolute Gasteiger partial charge is 0.154 e. The Hall–Kier alpha value is -1.46. The molecule has 1 aromatic rings. The monoisotopic (exact) mass is 185 g/mol. The summed E-state index contributed by atoms with van der Waals surface area (Å²) in [7, 11) is 0. The third kappa shape index (κ3) is 2.01. The summed E-state index contributed by atoms with van der Waals surface area (Å²) in [6.45, 7) is 1.29. The van der Waals surface area contributed by atoms with Crippen molar-refractivity contribution in [1.29, 1.82) is 0 Å². The largest absolute Gasteiger partial charge is 0.505 e. The number of aliphatic hydroxyl groups is 1. The van der Waals surface area contributed by atoms with Gasteiger partial charge in [-0.25, -0.2) is 0 Å². The summed E-state index contributed by atoms with van der Waals surface area (Å²) < 4.78 is 0. The van der Waals surface area contributed by atoms with Gasteiger partial charge >= 0.3 is 0 Å². The first-order valence-corrected chi connectivity index (χ1v) is 3.44. The molecule has 0 aromatic carbocycles. The van der Waals surface area contributed by atoms with Gasteiger partial charge in [0.05, 0.1) is 17.9 Å². The Morgan fingerprint density at radius 2 is 2.23 bits per heavy atom. The van der Waals surface area contributed by atoms with E-state index in [2.05, 4.69) is 4.98 Å². The van der Waals surface area contributed by atoms with Crippen LogP contribution in [0.25, 0.3) is 0 Å². The lowest BCUT2D eigenvalue weighted by atomic mass is 10.1. The van der Waals surface area contributed by atoms with Gasteiger partial charge in [-0.1, -0.05) is 0 Å². The lowest BCUT2D eigenvalue weighted by molar-refractivity contribution is 0.111. The van der Waals surface area contributed by atoms with E-state index < -0.39 is 0 Å². The number of rotatable bonds is 2. The third-order valence-corrected chi connectivity index (χ3v) is 1.65. The minimum absolute atomic E-state index is 0. The Balaban J connectivity index is 0.00000144. The highest BCUT2D eigenvalue weighted by molar-refractivity contribution is 5.81. The van der Waals surface area contributed by atoms with Crippen molar-refractivity contribution in [1.82, 2.24) is 4.98 Å². The van der Waals surface area contributed by atoms with Gasteiger partial charge in [0.25, 0.3) is 0 Å². The van der Waals surface area contributed by atoms with Gasteiger partial charge in [0.15, 0.2) is 6.29 Å². The minimum Gasteiger partial charge on any atom is -0.505 e. The fourth-order valence-electron chi connectivity index (χ4n) is 0.910. The van der Waals surface area contributed by atoms with Crippen LogP contribution in [-0.4, -0.2) is 27.0 Å². The molecule has 5 nitrogen and oxygen atoms in total. The predicted octanol–water partition coefficient (Wildman–Crippen LogP) is -0.424. The number of hydrogen-bond acceptors (Lipinski definition) is 4. The first kappa shape index (κ1) is 11.5. The average Bonchev–Trinajstić information content (AvgIpc) is 2.09. The molecule has 0 aliphatic carbocycles. The SMILES string of the molecule is Cc1ncc(CO)c(C=O)c1O.O. The number of aryl methyl sites for hydroxylation is 1. The molecule has 72 valence electrons. The summed E-state index contributed by atoms with van der Waals surface area (Å²) in [5.41, 5.74) is 0.840. The van der Waals surface area contributed by atoms with E-state index in [1.54, 1.807) is 6.92 Å². The van der Waals surface area contributed by atoms with Crippen molar-refractivity contribution in [2.24, 2.45) is 0 Å². The molecule has 0 saturated carbocycles. The maximum absolute atomic E-state index is 10.5. The number of hydrogen-bond donors (Lipinski definition) is 2. The zero-order valence-corrected chi connectivity index (χ0v) is 7.11. The zero-order valence-electron chi connectivity index (χ0n) is 7.11. The number of aliphatic hydroxyl groups excluding tert-OH is 1. The molecule has 0 saturated heterocycles. The van der Waals surface area contributed by atoms with Gasteiger partial charge in [0.2, 0.25) is 0 Å². The maximum atomic E-state index is 10.5. The van der Waals surface area contributed by atoms with Crippen LogP contribution in [0.15, 0.2) is 6.20 Å². The van der Waals surface area contributed by atoms with Gasteiger partial charge in [-0.15, -0.1) is 0 Å². The van der Waals surface area contributed by atoms with E-state index in [1.165, 1.54) is 6.20 Å². The molecule has 1 rings (SSSR count). The molecule has 0 unspecified atom stereocenters. The van der Waals surface area contributed by atoms with Gasteiger partial charge in [-0.2, -0.15) is 0 Å². The number of carbonyl (C=O) groups is 1. The molecule has 0 bridgehead atoms. The Kier molecular flexibility index (Phi) is 4.03. The second-order valence-corrected chi connectivity index (χ2v) is 2.41. The molecule has 0 aliphatic rings. The van der Waals surface area contributed by atoms with Crippen molar-refractivity contribution in [2.45, 2.75) is 13.5 Å². The van der Waals surface area contributed by atoms with Crippen LogP contribution in [0.4, 0.5) is 0 Å². The summed E-state index contributed by atoms with van der Waals surface area (Å²) in [6.07, 6.45) is 1.88. The topological polar surface area (TPSA) is 102 Å². The van der Waals surface area contributed by atoms with Crippen molar-refractivity contribution in [2.75, 3.05) is 0 Å². The molecule has 0 spiro atoms. The molecule has 5 heteroatoms. The number of carbonyl (C=O) groups excluding carboxylic acids is 1. The van der Waals surface area contributed by atoms with Crippen molar-refractivity contribution in [3.05, 3.63) is 23.0 Å². The summed E-state index contributed by atoms with van der Waals surface area (Å²) >= 11 is 0. The highest BCUT2D eigenvalue weighted by Crippen LogP contribution is 2.21. The quantitative estimate of drug-likeness (QED) is 0.610. The zero-order chi connectivity index (χ0) is 9.14. The van der Waals surface area contributed by atoms with E-state index in [0.29, 0.717) is 17.5 Å². The van der Waals surface area contributed by atoms with Crippen molar-refractivity contribution in [3.8, 4) is 5.75 Å². The summed E-state index contributed by atoms with van der Waals surface area (Å²) in [5, 5.41) is 18.1. The van der Waals surface area contributed by atoms with Gasteiger partial charge in [-0.05, 0) is 6.92 Å². The standard InChI is InChI=1S/C8H9NO3.H2O/c1-5-8(12)7(4-11)6(3-10)2-9-5;/h2,4,10,12H,3H2,1H3;1H2. The number of aromatic hydroxyl groups is 1. The molecule has 4 N–H and O–H groups in total. The molecular formula is C8H11NO4. The van der Waals surface area contributed by atoms with E-state index in [9.17, 15) is 9.90 Å². The van der Waals surface area contributed by atoms with E-state index in [1.807, 2.05) is 0 Å². The summed E-state index contributed by atoms with van der Waals surface area (Å²) in [5.74, 6) is -0.156. The third-order valence-electron chi connectivity index (χ3n) is 1.65. The van der Waals surface area contributed by atoms with Crippen molar-refractivity contribution >= 4 is 6.29 Å². The van der Waals surface area contributed by atoms with Gasteiger partial charge < -0.3 is 15.7 Å².